The normalized spacial score (nSPS) is 16.7. The second-order valence-corrected chi connectivity index (χ2v) is 7.51. The van der Waals surface area contributed by atoms with Gasteiger partial charge in [0.1, 0.15) is 11.8 Å². The van der Waals surface area contributed by atoms with Gasteiger partial charge in [0.05, 0.1) is 6.21 Å². The van der Waals surface area contributed by atoms with Gasteiger partial charge < -0.3 is 25.9 Å². The number of aliphatic hydroxyl groups excluding tert-OH is 1. The van der Waals surface area contributed by atoms with Gasteiger partial charge in [0, 0.05) is 18.1 Å². The number of alkyl halides is 2. The van der Waals surface area contributed by atoms with Gasteiger partial charge in [-0.15, -0.1) is 0 Å². The Labute approximate surface area is 187 Å². The lowest BCUT2D eigenvalue weighted by atomic mass is 9.98. The third-order valence-electron chi connectivity index (χ3n) is 4.94. The van der Waals surface area contributed by atoms with Crippen LogP contribution in [0.2, 0.25) is 5.02 Å². The van der Waals surface area contributed by atoms with Crippen LogP contribution in [0.5, 0.6) is 5.75 Å². The van der Waals surface area contributed by atoms with Crippen LogP contribution in [-0.2, 0) is 16.1 Å². The largest absolute Gasteiger partial charge is 0.435 e. The summed E-state index contributed by atoms with van der Waals surface area (Å²) in [6.07, 6.45) is 0.251. The van der Waals surface area contributed by atoms with Gasteiger partial charge >= 0.3 is 6.61 Å². The highest BCUT2D eigenvalue weighted by molar-refractivity contribution is 6.30. The van der Waals surface area contributed by atoms with E-state index >= 15 is 0 Å². The lowest BCUT2D eigenvalue weighted by Crippen LogP contribution is -2.59. The van der Waals surface area contributed by atoms with Crippen molar-refractivity contribution in [3.05, 3.63) is 64.2 Å². The zero-order chi connectivity index (χ0) is 23.3. The van der Waals surface area contributed by atoms with E-state index in [1.54, 1.807) is 12.1 Å². The van der Waals surface area contributed by atoms with Gasteiger partial charge in [0.25, 0.3) is 5.91 Å². The standard InChI is InChI=1S/C21H21ClF2N4O4/c22-15-7-14(8-16(9-15)32-21(23)24)18(29)20(31)28-6-5-17(28)19(30)26-10-12-1-3-13(4-2-12)11-27-25/h1-4,7-9,11,17-18,21,29H,5-6,10,25H2,(H,26,30). The highest BCUT2D eigenvalue weighted by atomic mass is 35.5. The first kappa shape index (κ1) is 23.4. The summed E-state index contributed by atoms with van der Waals surface area (Å²) in [7, 11) is 0. The minimum Gasteiger partial charge on any atom is -0.435 e. The Bertz CT molecular complexity index is 1000. The van der Waals surface area contributed by atoms with Gasteiger partial charge in [-0.3, -0.25) is 9.59 Å². The molecule has 1 fully saturated rings. The number of benzene rings is 2. The molecule has 0 spiro atoms. The number of nitrogens with two attached hydrogens (primary N) is 1. The smallest absolute Gasteiger partial charge is 0.387 e. The molecule has 1 saturated heterocycles. The first-order valence-corrected chi connectivity index (χ1v) is 10.00. The van der Waals surface area contributed by atoms with Crippen molar-refractivity contribution in [1.29, 1.82) is 0 Å². The number of hydrogen-bond donors (Lipinski definition) is 3. The molecule has 0 saturated carbocycles. The molecule has 11 heteroatoms. The first-order valence-electron chi connectivity index (χ1n) is 9.62. The van der Waals surface area contributed by atoms with Crippen LogP contribution in [0.4, 0.5) is 8.78 Å². The Hall–Kier alpha value is -3.24. The third kappa shape index (κ3) is 5.71. The maximum atomic E-state index is 12.7. The Morgan fingerprint density at radius 3 is 2.62 bits per heavy atom. The molecule has 2 amide bonds. The molecule has 0 aromatic heterocycles. The highest BCUT2D eigenvalue weighted by Gasteiger charge is 2.40. The molecular weight excluding hydrogens is 446 g/mol. The van der Waals surface area contributed by atoms with Gasteiger partial charge in [0.2, 0.25) is 5.91 Å². The second kappa shape index (κ2) is 10.4. The second-order valence-electron chi connectivity index (χ2n) is 7.07. The quantitative estimate of drug-likeness (QED) is 0.313. The lowest BCUT2D eigenvalue weighted by Gasteiger charge is -2.40. The molecule has 3 rings (SSSR count). The van der Waals surface area contributed by atoms with E-state index in [1.165, 1.54) is 17.2 Å². The minimum atomic E-state index is -3.08. The summed E-state index contributed by atoms with van der Waals surface area (Å²) >= 11 is 5.88. The van der Waals surface area contributed by atoms with Crippen molar-refractivity contribution in [3.63, 3.8) is 0 Å². The molecule has 2 aromatic carbocycles. The molecule has 2 unspecified atom stereocenters. The average molecular weight is 467 g/mol. The van der Waals surface area contributed by atoms with E-state index < -0.39 is 24.7 Å². The zero-order valence-corrected chi connectivity index (χ0v) is 17.5. The van der Waals surface area contributed by atoms with Crippen molar-refractivity contribution in [1.82, 2.24) is 10.2 Å². The van der Waals surface area contributed by atoms with Gasteiger partial charge in [-0.25, -0.2) is 0 Å². The van der Waals surface area contributed by atoms with Gasteiger partial charge in [-0.1, -0.05) is 35.9 Å². The average Bonchev–Trinajstić information content (AvgIpc) is 2.71. The molecule has 2 atom stereocenters. The molecule has 0 radical (unpaired) electrons. The molecule has 1 aliphatic rings. The van der Waals surface area contributed by atoms with Crippen LogP contribution in [0.15, 0.2) is 47.6 Å². The fourth-order valence-electron chi connectivity index (χ4n) is 3.25. The number of carbonyl (C=O) groups is 2. The number of ether oxygens (including phenoxy) is 1. The van der Waals surface area contributed by atoms with Crippen molar-refractivity contribution in [3.8, 4) is 5.75 Å². The molecule has 170 valence electrons. The number of halogens is 3. The summed E-state index contributed by atoms with van der Waals surface area (Å²) < 4.78 is 29.2. The van der Waals surface area contributed by atoms with Crippen LogP contribution in [0.3, 0.4) is 0 Å². The topological polar surface area (TPSA) is 117 Å². The van der Waals surface area contributed by atoms with Crippen LogP contribution in [0.25, 0.3) is 0 Å². The Morgan fingerprint density at radius 1 is 1.31 bits per heavy atom. The van der Waals surface area contributed by atoms with E-state index in [2.05, 4.69) is 15.2 Å². The number of aliphatic hydroxyl groups is 1. The number of rotatable bonds is 8. The van der Waals surface area contributed by atoms with Gasteiger partial charge in [0.15, 0.2) is 6.10 Å². The van der Waals surface area contributed by atoms with Gasteiger partial charge in [-0.2, -0.15) is 13.9 Å². The molecule has 8 nitrogen and oxygen atoms in total. The van der Waals surface area contributed by atoms with Gasteiger partial charge in [-0.05, 0) is 41.3 Å². The third-order valence-corrected chi connectivity index (χ3v) is 5.16. The lowest BCUT2D eigenvalue weighted by molar-refractivity contribution is -0.154. The van der Waals surface area contributed by atoms with Crippen LogP contribution < -0.4 is 15.9 Å². The summed E-state index contributed by atoms with van der Waals surface area (Å²) in [6, 6.07) is 9.99. The highest BCUT2D eigenvalue weighted by Crippen LogP contribution is 2.29. The zero-order valence-electron chi connectivity index (χ0n) is 16.7. The molecule has 1 heterocycles. The number of hydrazone groups is 1. The fraction of sp³-hybridized carbons (Fsp3) is 0.286. The SMILES string of the molecule is NN=Cc1ccc(CNC(=O)C2CCN2C(=O)C(O)c2cc(Cl)cc(OC(F)F)c2)cc1. The van der Waals surface area contributed by atoms with E-state index in [0.717, 1.165) is 23.3 Å². The van der Waals surface area contributed by atoms with Crippen LogP contribution in [-0.4, -0.2) is 47.2 Å². The first-order chi connectivity index (χ1) is 15.3. The number of carbonyl (C=O) groups excluding carboxylic acids is 2. The predicted octanol–water partition coefficient (Wildman–Crippen LogP) is 2.18. The molecular formula is C21H21ClF2N4O4. The number of amides is 2. The summed E-state index contributed by atoms with van der Waals surface area (Å²) in [5, 5.41) is 16.7. The Kier molecular flexibility index (Phi) is 7.60. The predicted molar refractivity (Wildman–Crippen MR) is 113 cm³/mol. The molecule has 2 aromatic rings. The molecule has 0 aliphatic carbocycles. The summed E-state index contributed by atoms with van der Waals surface area (Å²) in [5.41, 5.74) is 1.65. The van der Waals surface area contributed by atoms with Crippen molar-refractivity contribution in [2.45, 2.75) is 31.7 Å². The molecule has 0 bridgehead atoms. The summed E-state index contributed by atoms with van der Waals surface area (Å²) in [6.45, 7) is -2.55. The van der Waals surface area contributed by atoms with E-state index in [0.29, 0.717) is 6.42 Å². The van der Waals surface area contributed by atoms with Crippen LogP contribution in [0.1, 0.15) is 29.2 Å². The minimum absolute atomic E-state index is 0.00897. The monoisotopic (exact) mass is 466 g/mol. The van der Waals surface area contributed by atoms with E-state index in [-0.39, 0.29) is 35.3 Å². The fourth-order valence-corrected chi connectivity index (χ4v) is 3.48. The summed E-state index contributed by atoms with van der Waals surface area (Å²) in [5.74, 6) is 3.73. The maximum Gasteiger partial charge on any atom is 0.387 e. The van der Waals surface area contributed by atoms with E-state index in [1.807, 2.05) is 12.1 Å². The maximum absolute atomic E-state index is 12.7. The molecule has 4 N–H and O–H groups in total. The van der Waals surface area contributed by atoms with Crippen molar-refractivity contribution >= 4 is 29.6 Å². The van der Waals surface area contributed by atoms with E-state index in [4.69, 9.17) is 17.4 Å². The summed E-state index contributed by atoms with van der Waals surface area (Å²) in [4.78, 5) is 26.5. The molecule has 1 aliphatic heterocycles. The molecule has 32 heavy (non-hydrogen) atoms. The number of nitrogens with one attached hydrogen (secondary N) is 1. The number of nitrogens with zero attached hydrogens (tertiary/aromatic N) is 2. The number of likely N-dealkylation sites (tertiary alicyclic amines) is 1. The Morgan fingerprint density at radius 2 is 2.03 bits per heavy atom. The van der Waals surface area contributed by atoms with Crippen molar-refractivity contribution in [2.75, 3.05) is 6.54 Å². The number of hydrogen-bond acceptors (Lipinski definition) is 6. The van der Waals surface area contributed by atoms with E-state index in [9.17, 15) is 23.5 Å². The van der Waals surface area contributed by atoms with Crippen LogP contribution >= 0.6 is 11.6 Å². The van der Waals surface area contributed by atoms with Crippen molar-refractivity contribution < 1.29 is 28.2 Å². The van der Waals surface area contributed by atoms with Crippen molar-refractivity contribution in [2.24, 2.45) is 10.9 Å². The van der Waals surface area contributed by atoms with Crippen LogP contribution in [0, 0.1) is 0 Å². The Balaban J connectivity index is 1.60.